The first-order chi connectivity index (χ1) is 9.10. The summed E-state index contributed by atoms with van der Waals surface area (Å²) >= 11 is 1.88. The molecule has 2 rings (SSSR count). The summed E-state index contributed by atoms with van der Waals surface area (Å²) in [7, 11) is 0. The number of hydrogen-bond donors (Lipinski definition) is 1. The summed E-state index contributed by atoms with van der Waals surface area (Å²) in [4.78, 5) is 2.83. The molecule has 1 unspecified atom stereocenters. The van der Waals surface area contributed by atoms with Gasteiger partial charge in [-0.3, -0.25) is 0 Å². The molecule has 0 radical (unpaired) electrons. The summed E-state index contributed by atoms with van der Waals surface area (Å²) in [5, 5.41) is 0. The number of hydrogen-bond acceptors (Lipinski definition) is 2. The van der Waals surface area contributed by atoms with Gasteiger partial charge in [0.1, 0.15) is 0 Å². The van der Waals surface area contributed by atoms with E-state index in [1.807, 2.05) is 11.3 Å². The highest BCUT2D eigenvalue weighted by Crippen LogP contribution is 2.24. The molecule has 0 saturated carbocycles. The van der Waals surface area contributed by atoms with Crippen molar-refractivity contribution in [1.82, 2.24) is 0 Å². The van der Waals surface area contributed by atoms with Crippen LogP contribution in [0.2, 0.25) is 0 Å². The van der Waals surface area contributed by atoms with Crippen LogP contribution in [0.4, 0.5) is 0 Å². The van der Waals surface area contributed by atoms with E-state index in [0.717, 1.165) is 12.8 Å². The lowest BCUT2D eigenvalue weighted by Gasteiger charge is -2.12. The van der Waals surface area contributed by atoms with Crippen LogP contribution < -0.4 is 5.73 Å². The molecule has 102 valence electrons. The van der Waals surface area contributed by atoms with Crippen LogP contribution in [0.5, 0.6) is 0 Å². The molecule has 1 nitrogen and oxygen atoms in total. The Hall–Kier alpha value is -1.12. The first-order valence-electron chi connectivity index (χ1n) is 7.03. The van der Waals surface area contributed by atoms with E-state index in [0.29, 0.717) is 5.92 Å². The molecule has 0 aliphatic heterocycles. The summed E-state index contributed by atoms with van der Waals surface area (Å²) in [6.07, 6.45) is 2.05. The van der Waals surface area contributed by atoms with Gasteiger partial charge in [0, 0.05) is 22.2 Å². The monoisotopic (exact) mass is 273 g/mol. The SMILES string of the molecule is CCc1ccc(CC(N)c2ccc(C(C)C)cc2)s1. The quantitative estimate of drug-likeness (QED) is 0.841. The predicted molar refractivity (Wildman–Crippen MR) is 84.9 cm³/mol. The third-order valence-corrected chi connectivity index (χ3v) is 4.77. The molecule has 0 aliphatic carbocycles. The minimum Gasteiger partial charge on any atom is -0.324 e. The predicted octanol–water partition coefficient (Wildman–Crippen LogP) is 4.68. The lowest BCUT2D eigenvalue weighted by atomic mass is 9.98. The highest BCUT2D eigenvalue weighted by Gasteiger charge is 2.09. The van der Waals surface area contributed by atoms with E-state index in [2.05, 4.69) is 57.2 Å². The third-order valence-electron chi connectivity index (χ3n) is 3.52. The summed E-state index contributed by atoms with van der Waals surface area (Å²) in [5.74, 6) is 0.578. The largest absolute Gasteiger partial charge is 0.324 e. The van der Waals surface area contributed by atoms with Crippen molar-refractivity contribution in [3.05, 3.63) is 57.3 Å². The Labute approximate surface area is 120 Å². The average Bonchev–Trinajstić information content (AvgIpc) is 2.86. The summed E-state index contributed by atoms with van der Waals surface area (Å²) in [6.45, 7) is 6.62. The Bertz CT molecular complexity index is 510. The van der Waals surface area contributed by atoms with Crippen molar-refractivity contribution in [2.75, 3.05) is 0 Å². The standard InChI is InChI=1S/C17H23NS/c1-4-15-9-10-16(19-15)11-17(18)14-7-5-13(6-8-14)12(2)3/h5-10,12,17H,4,11,18H2,1-3H3. The molecule has 0 bridgehead atoms. The van der Waals surface area contributed by atoms with E-state index in [1.54, 1.807) is 0 Å². The molecule has 2 heteroatoms. The van der Waals surface area contributed by atoms with Gasteiger partial charge in [0.15, 0.2) is 0 Å². The van der Waals surface area contributed by atoms with E-state index >= 15 is 0 Å². The average molecular weight is 273 g/mol. The Morgan fingerprint density at radius 2 is 1.53 bits per heavy atom. The highest BCUT2D eigenvalue weighted by atomic mass is 32.1. The van der Waals surface area contributed by atoms with Crippen LogP contribution in [0, 0.1) is 0 Å². The maximum Gasteiger partial charge on any atom is 0.0343 e. The minimum absolute atomic E-state index is 0.101. The Morgan fingerprint density at radius 1 is 0.947 bits per heavy atom. The van der Waals surface area contributed by atoms with Crippen molar-refractivity contribution in [2.24, 2.45) is 5.73 Å². The van der Waals surface area contributed by atoms with Gasteiger partial charge in [-0.05, 0) is 35.6 Å². The van der Waals surface area contributed by atoms with Crippen molar-refractivity contribution in [1.29, 1.82) is 0 Å². The van der Waals surface area contributed by atoms with Gasteiger partial charge in [0.25, 0.3) is 0 Å². The van der Waals surface area contributed by atoms with Gasteiger partial charge in [-0.25, -0.2) is 0 Å². The number of nitrogens with two attached hydrogens (primary N) is 1. The molecule has 1 atom stereocenters. The zero-order valence-electron chi connectivity index (χ0n) is 12.0. The van der Waals surface area contributed by atoms with Crippen molar-refractivity contribution in [3.63, 3.8) is 0 Å². The molecule has 2 aromatic rings. The molecule has 0 amide bonds. The molecular formula is C17H23NS. The first kappa shape index (κ1) is 14.3. The normalized spacial score (nSPS) is 12.9. The fourth-order valence-electron chi connectivity index (χ4n) is 2.18. The Morgan fingerprint density at radius 3 is 2.05 bits per heavy atom. The smallest absolute Gasteiger partial charge is 0.0343 e. The topological polar surface area (TPSA) is 26.0 Å². The molecule has 1 aromatic carbocycles. The van der Waals surface area contributed by atoms with Crippen LogP contribution in [0.3, 0.4) is 0 Å². The first-order valence-corrected chi connectivity index (χ1v) is 7.84. The lowest BCUT2D eigenvalue weighted by Crippen LogP contribution is -2.12. The van der Waals surface area contributed by atoms with Crippen LogP contribution in [0.25, 0.3) is 0 Å². The molecular weight excluding hydrogens is 250 g/mol. The third kappa shape index (κ3) is 3.68. The van der Waals surface area contributed by atoms with E-state index in [4.69, 9.17) is 5.73 Å². The van der Waals surface area contributed by atoms with Crippen LogP contribution >= 0.6 is 11.3 Å². The van der Waals surface area contributed by atoms with Gasteiger partial charge in [-0.2, -0.15) is 0 Å². The second-order valence-electron chi connectivity index (χ2n) is 5.35. The molecule has 0 fully saturated rings. The summed E-state index contributed by atoms with van der Waals surface area (Å²) < 4.78 is 0. The van der Waals surface area contributed by atoms with Gasteiger partial charge in [-0.15, -0.1) is 11.3 Å². The van der Waals surface area contributed by atoms with Crippen molar-refractivity contribution >= 4 is 11.3 Å². The molecule has 0 spiro atoms. The highest BCUT2D eigenvalue weighted by molar-refractivity contribution is 7.11. The maximum atomic E-state index is 6.31. The number of aryl methyl sites for hydroxylation is 1. The second kappa shape index (κ2) is 6.36. The Kier molecular flexibility index (Phi) is 4.78. The zero-order valence-corrected chi connectivity index (χ0v) is 12.8. The fraction of sp³-hybridized carbons (Fsp3) is 0.412. The maximum absolute atomic E-state index is 6.31. The van der Waals surface area contributed by atoms with Gasteiger partial charge < -0.3 is 5.73 Å². The van der Waals surface area contributed by atoms with E-state index in [-0.39, 0.29) is 6.04 Å². The van der Waals surface area contributed by atoms with Gasteiger partial charge in [0.05, 0.1) is 0 Å². The molecule has 0 aliphatic rings. The van der Waals surface area contributed by atoms with Crippen LogP contribution in [0.15, 0.2) is 36.4 Å². The zero-order chi connectivity index (χ0) is 13.8. The van der Waals surface area contributed by atoms with Gasteiger partial charge >= 0.3 is 0 Å². The molecule has 2 N–H and O–H groups in total. The van der Waals surface area contributed by atoms with E-state index in [1.165, 1.54) is 20.9 Å². The number of thiophene rings is 1. The second-order valence-corrected chi connectivity index (χ2v) is 6.61. The number of rotatable bonds is 5. The van der Waals surface area contributed by atoms with Gasteiger partial charge in [0.2, 0.25) is 0 Å². The Balaban J connectivity index is 2.04. The van der Waals surface area contributed by atoms with Crippen LogP contribution in [-0.2, 0) is 12.8 Å². The molecule has 0 saturated heterocycles. The number of benzene rings is 1. The lowest BCUT2D eigenvalue weighted by molar-refractivity contribution is 0.728. The molecule has 1 heterocycles. The van der Waals surface area contributed by atoms with Crippen molar-refractivity contribution in [3.8, 4) is 0 Å². The van der Waals surface area contributed by atoms with E-state index < -0.39 is 0 Å². The fourth-order valence-corrected chi connectivity index (χ4v) is 3.20. The minimum atomic E-state index is 0.101. The summed E-state index contributed by atoms with van der Waals surface area (Å²) in [5.41, 5.74) is 8.92. The molecule has 1 aromatic heterocycles. The molecule has 19 heavy (non-hydrogen) atoms. The van der Waals surface area contributed by atoms with Gasteiger partial charge in [-0.1, -0.05) is 45.0 Å². The van der Waals surface area contributed by atoms with Crippen molar-refractivity contribution < 1.29 is 0 Å². The summed E-state index contributed by atoms with van der Waals surface area (Å²) in [6, 6.07) is 13.3. The van der Waals surface area contributed by atoms with Crippen molar-refractivity contribution in [2.45, 2.75) is 45.6 Å². The van der Waals surface area contributed by atoms with E-state index in [9.17, 15) is 0 Å². The van der Waals surface area contributed by atoms with Crippen LogP contribution in [-0.4, -0.2) is 0 Å². The van der Waals surface area contributed by atoms with Crippen LogP contribution in [0.1, 0.15) is 53.6 Å².